The summed E-state index contributed by atoms with van der Waals surface area (Å²) < 4.78 is 0. The normalized spacial score (nSPS) is 45.3. The Morgan fingerprint density at radius 2 is 1.83 bits per heavy atom. The second kappa shape index (κ2) is 3.67. The summed E-state index contributed by atoms with van der Waals surface area (Å²) in [6.45, 7) is 2.59. The van der Waals surface area contributed by atoms with E-state index in [1.54, 1.807) is 4.90 Å². The highest BCUT2D eigenvalue weighted by atomic mass is 16.2. The molecule has 5 unspecified atom stereocenters. The summed E-state index contributed by atoms with van der Waals surface area (Å²) >= 11 is 0. The van der Waals surface area contributed by atoms with Gasteiger partial charge in [0.1, 0.15) is 0 Å². The van der Waals surface area contributed by atoms with E-state index in [1.165, 1.54) is 0 Å². The standard InChI is InChI=1S/C14H18N2O2/c17-13-11-9-1-2-10(5-9)12(11)14(18)16(13)7-8-3-4-15-6-8/h1-2,8-12,15H,3-7H2. The van der Waals surface area contributed by atoms with Crippen LogP contribution in [0.25, 0.3) is 0 Å². The molecule has 0 radical (unpaired) electrons. The average Bonchev–Trinajstić information content (AvgIpc) is 3.10. The van der Waals surface area contributed by atoms with E-state index in [0.717, 1.165) is 25.9 Å². The number of rotatable bonds is 2. The Labute approximate surface area is 106 Å². The topological polar surface area (TPSA) is 49.4 Å². The van der Waals surface area contributed by atoms with Crippen molar-refractivity contribution in [3.8, 4) is 0 Å². The number of likely N-dealkylation sites (tertiary alicyclic amines) is 1. The van der Waals surface area contributed by atoms with Gasteiger partial charge in [-0.25, -0.2) is 0 Å². The Kier molecular flexibility index (Phi) is 2.19. The lowest BCUT2D eigenvalue weighted by Crippen LogP contribution is -2.37. The van der Waals surface area contributed by atoms with Gasteiger partial charge in [0.25, 0.3) is 0 Å². The van der Waals surface area contributed by atoms with E-state index in [-0.39, 0.29) is 23.7 Å². The molecule has 0 spiro atoms. The van der Waals surface area contributed by atoms with Crippen molar-refractivity contribution in [3.05, 3.63) is 12.2 Å². The van der Waals surface area contributed by atoms with Gasteiger partial charge in [-0.1, -0.05) is 12.2 Å². The van der Waals surface area contributed by atoms with Crippen LogP contribution in [0.1, 0.15) is 12.8 Å². The number of fused-ring (bicyclic) bond motifs is 5. The molecule has 2 bridgehead atoms. The molecular formula is C14H18N2O2. The molecule has 4 heteroatoms. The van der Waals surface area contributed by atoms with Gasteiger partial charge in [-0.3, -0.25) is 14.5 Å². The second-order valence-electron chi connectivity index (χ2n) is 6.15. The van der Waals surface area contributed by atoms with Crippen molar-refractivity contribution in [2.45, 2.75) is 12.8 Å². The smallest absolute Gasteiger partial charge is 0.233 e. The first-order valence-electron chi connectivity index (χ1n) is 7.00. The van der Waals surface area contributed by atoms with Crippen molar-refractivity contribution < 1.29 is 9.59 Å². The number of carbonyl (C=O) groups excluding carboxylic acids is 2. The first kappa shape index (κ1) is 10.7. The molecule has 2 aliphatic heterocycles. The fraction of sp³-hybridized carbons (Fsp3) is 0.714. The van der Waals surface area contributed by atoms with Gasteiger partial charge in [0.15, 0.2) is 0 Å². The van der Waals surface area contributed by atoms with E-state index in [9.17, 15) is 9.59 Å². The molecule has 0 aromatic rings. The van der Waals surface area contributed by atoms with Crippen molar-refractivity contribution >= 4 is 11.8 Å². The molecule has 1 N–H and O–H groups in total. The molecule has 4 nitrogen and oxygen atoms in total. The van der Waals surface area contributed by atoms with Gasteiger partial charge >= 0.3 is 0 Å². The van der Waals surface area contributed by atoms with Crippen LogP contribution in [0.5, 0.6) is 0 Å². The third-order valence-corrected chi connectivity index (χ3v) is 5.16. The van der Waals surface area contributed by atoms with E-state index < -0.39 is 0 Å². The van der Waals surface area contributed by atoms with E-state index in [4.69, 9.17) is 0 Å². The highest BCUT2D eigenvalue weighted by molar-refractivity contribution is 6.06. The number of allylic oxidation sites excluding steroid dienone is 2. The van der Waals surface area contributed by atoms with Crippen LogP contribution in [-0.2, 0) is 9.59 Å². The molecule has 4 rings (SSSR count). The second-order valence-corrected chi connectivity index (χ2v) is 6.15. The quantitative estimate of drug-likeness (QED) is 0.567. The predicted octanol–water partition coefficient (Wildman–Crippen LogP) is 0.403. The zero-order valence-corrected chi connectivity index (χ0v) is 10.3. The number of nitrogens with zero attached hydrogens (tertiary/aromatic N) is 1. The van der Waals surface area contributed by atoms with Gasteiger partial charge in [-0.15, -0.1) is 0 Å². The lowest BCUT2D eigenvalue weighted by molar-refractivity contribution is -0.141. The minimum absolute atomic E-state index is 0.0261. The zero-order chi connectivity index (χ0) is 12.3. The molecule has 0 aromatic heterocycles. The summed E-state index contributed by atoms with van der Waals surface area (Å²) in [6, 6.07) is 0. The van der Waals surface area contributed by atoms with E-state index in [2.05, 4.69) is 17.5 Å². The van der Waals surface area contributed by atoms with Gasteiger partial charge in [-0.05, 0) is 43.7 Å². The maximum atomic E-state index is 12.4. The molecular weight excluding hydrogens is 228 g/mol. The van der Waals surface area contributed by atoms with Gasteiger partial charge in [0.2, 0.25) is 11.8 Å². The molecule has 2 amide bonds. The largest absolute Gasteiger partial charge is 0.316 e. The molecule has 0 aromatic carbocycles. The van der Waals surface area contributed by atoms with Crippen LogP contribution in [-0.4, -0.2) is 36.3 Å². The van der Waals surface area contributed by atoms with Crippen LogP contribution in [0.4, 0.5) is 0 Å². The highest BCUT2D eigenvalue weighted by Crippen LogP contribution is 2.52. The zero-order valence-electron chi connectivity index (χ0n) is 10.3. The van der Waals surface area contributed by atoms with Crippen LogP contribution >= 0.6 is 0 Å². The van der Waals surface area contributed by atoms with Gasteiger partial charge in [-0.2, -0.15) is 0 Å². The minimum atomic E-state index is -0.0261. The number of amides is 2. The molecule has 2 aliphatic carbocycles. The van der Waals surface area contributed by atoms with Gasteiger partial charge in [0, 0.05) is 6.54 Å². The van der Waals surface area contributed by atoms with Crippen LogP contribution < -0.4 is 5.32 Å². The van der Waals surface area contributed by atoms with Crippen molar-refractivity contribution in [2.24, 2.45) is 29.6 Å². The maximum absolute atomic E-state index is 12.4. The van der Waals surface area contributed by atoms with Crippen molar-refractivity contribution in [3.63, 3.8) is 0 Å². The Balaban J connectivity index is 1.56. The average molecular weight is 246 g/mol. The fourth-order valence-electron chi connectivity index (χ4n) is 4.27. The number of hydrogen-bond acceptors (Lipinski definition) is 3. The molecule has 4 aliphatic rings. The highest BCUT2D eigenvalue weighted by Gasteiger charge is 2.59. The third kappa shape index (κ3) is 1.30. The van der Waals surface area contributed by atoms with Crippen LogP contribution in [0.3, 0.4) is 0 Å². The maximum Gasteiger partial charge on any atom is 0.233 e. The van der Waals surface area contributed by atoms with E-state index in [1.807, 2.05) is 0 Å². The van der Waals surface area contributed by atoms with Crippen molar-refractivity contribution in [1.82, 2.24) is 10.2 Å². The van der Waals surface area contributed by atoms with Gasteiger partial charge in [0.05, 0.1) is 11.8 Å². The third-order valence-electron chi connectivity index (χ3n) is 5.16. The number of nitrogens with one attached hydrogen (secondary N) is 1. The Morgan fingerprint density at radius 1 is 1.17 bits per heavy atom. The van der Waals surface area contributed by atoms with Crippen LogP contribution in [0.2, 0.25) is 0 Å². The summed E-state index contributed by atoms with van der Waals surface area (Å²) in [6.07, 6.45) is 6.40. The molecule has 18 heavy (non-hydrogen) atoms. The first-order chi connectivity index (χ1) is 8.75. The van der Waals surface area contributed by atoms with E-state index >= 15 is 0 Å². The molecule has 3 fully saturated rings. The molecule has 96 valence electrons. The SMILES string of the molecule is O=C1C2C3C=CC(C3)C2C(=O)N1CC1CCNC1. The van der Waals surface area contributed by atoms with Crippen molar-refractivity contribution in [1.29, 1.82) is 0 Å². The van der Waals surface area contributed by atoms with Crippen molar-refractivity contribution in [2.75, 3.05) is 19.6 Å². The van der Waals surface area contributed by atoms with Gasteiger partial charge < -0.3 is 5.32 Å². The lowest BCUT2D eigenvalue weighted by atomic mass is 9.85. The molecule has 2 heterocycles. The summed E-state index contributed by atoms with van der Waals surface area (Å²) in [5.74, 6) is 1.29. The molecule has 5 atom stereocenters. The minimum Gasteiger partial charge on any atom is -0.316 e. The summed E-state index contributed by atoms with van der Waals surface area (Å²) in [5, 5.41) is 3.29. The first-order valence-corrected chi connectivity index (χ1v) is 7.00. The Bertz CT molecular complexity index is 409. The molecule has 1 saturated carbocycles. The Hall–Kier alpha value is -1.16. The monoisotopic (exact) mass is 246 g/mol. The molecule has 2 saturated heterocycles. The predicted molar refractivity (Wildman–Crippen MR) is 65.4 cm³/mol. The summed E-state index contributed by atoms with van der Waals surface area (Å²) in [7, 11) is 0. The number of hydrogen-bond donors (Lipinski definition) is 1. The number of imide groups is 1. The van der Waals surface area contributed by atoms with Crippen LogP contribution in [0.15, 0.2) is 12.2 Å². The fourth-order valence-corrected chi connectivity index (χ4v) is 4.27. The van der Waals surface area contributed by atoms with E-state index in [0.29, 0.717) is 24.3 Å². The number of carbonyl (C=O) groups is 2. The van der Waals surface area contributed by atoms with Crippen LogP contribution in [0, 0.1) is 29.6 Å². The Morgan fingerprint density at radius 3 is 2.39 bits per heavy atom. The summed E-state index contributed by atoms with van der Waals surface area (Å²) in [5.41, 5.74) is 0. The summed E-state index contributed by atoms with van der Waals surface area (Å²) in [4.78, 5) is 26.4. The lowest BCUT2D eigenvalue weighted by Gasteiger charge is -2.20.